The SMILES string of the molecule is Br.Br.CCCCCCN(NCCc1ccc(O)c(C)c1)C1CCc2c(ccc(O)c2O)C1. The van der Waals surface area contributed by atoms with Crippen LogP contribution in [0.15, 0.2) is 30.3 Å². The van der Waals surface area contributed by atoms with Gasteiger partial charge in [-0.3, -0.25) is 5.43 Å². The Morgan fingerprint density at radius 1 is 1.00 bits per heavy atom. The summed E-state index contributed by atoms with van der Waals surface area (Å²) in [6.07, 6.45) is 8.43. The van der Waals surface area contributed by atoms with Crippen molar-refractivity contribution in [2.45, 2.75) is 71.3 Å². The Morgan fingerprint density at radius 3 is 2.47 bits per heavy atom. The van der Waals surface area contributed by atoms with Crippen LogP contribution in [-0.4, -0.2) is 39.5 Å². The van der Waals surface area contributed by atoms with Crippen LogP contribution in [0.4, 0.5) is 0 Å². The molecule has 0 saturated carbocycles. The van der Waals surface area contributed by atoms with E-state index in [1.165, 1.54) is 31.2 Å². The molecule has 32 heavy (non-hydrogen) atoms. The van der Waals surface area contributed by atoms with Gasteiger partial charge in [0.2, 0.25) is 0 Å². The lowest BCUT2D eigenvalue weighted by molar-refractivity contribution is 0.109. The molecule has 5 nitrogen and oxygen atoms in total. The molecule has 1 aliphatic rings. The second-order valence-electron chi connectivity index (χ2n) is 8.50. The lowest BCUT2D eigenvalue weighted by Gasteiger charge is -2.36. The number of aromatic hydroxyl groups is 3. The summed E-state index contributed by atoms with van der Waals surface area (Å²) in [4.78, 5) is 0. The van der Waals surface area contributed by atoms with Gasteiger partial charge in [0, 0.05) is 24.7 Å². The van der Waals surface area contributed by atoms with Gasteiger partial charge in [0.1, 0.15) is 5.75 Å². The predicted molar refractivity (Wildman–Crippen MR) is 142 cm³/mol. The number of halogens is 2. The van der Waals surface area contributed by atoms with Crippen LogP contribution in [0.2, 0.25) is 0 Å². The molecule has 0 aromatic heterocycles. The van der Waals surface area contributed by atoms with Gasteiger partial charge in [0.15, 0.2) is 11.5 Å². The van der Waals surface area contributed by atoms with Gasteiger partial charge >= 0.3 is 0 Å². The number of hydrazine groups is 1. The smallest absolute Gasteiger partial charge is 0.160 e. The maximum atomic E-state index is 10.2. The van der Waals surface area contributed by atoms with E-state index in [0.29, 0.717) is 11.8 Å². The van der Waals surface area contributed by atoms with E-state index < -0.39 is 0 Å². The van der Waals surface area contributed by atoms with Gasteiger partial charge in [0.05, 0.1) is 0 Å². The first-order valence-corrected chi connectivity index (χ1v) is 11.3. The highest BCUT2D eigenvalue weighted by Gasteiger charge is 2.26. The third-order valence-corrected chi connectivity index (χ3v) is 6.22. The summed E-state index contributed by atoms with van der Waals surface area (Å²) < 4.78 is 0. The van der Waals surface area contributed by atoms with E-state index in [0.717, 1.165) is 55.5 Å². The number of hydrogen-bond donors (Lipinski definition) is 4. The van der Waals surface area contributed by atoms with Crippen molar-refractivity contribution >= 4 is 34.0 Å². The molecular weight excluding hydrogens is 536 g/mol. The molecule has 0 aliphatic heterocycles. The van der Waals surface area contributed by atoms with E-state index in [-0.39, 0.29) is 45.5 Å². The number of fused-ring (bicyclic) bond motifs is 1. The maximum Gasteiger partial charge on any atom is 0.160 e. The van der Waals surface area contributed by atoms with Gasteiger partial charge in [-0.05, 0) is 67.9 Å². The summed E-state index contributed by atoms with van der Waals surface area (Å²) >= 11 is 0. The van der Waals surface area contributed by atoms with Crippen LogP contribution < -0.4 is 5.43 Å². The first kappa shape index (κ1) is 28.8. The van der Waals surface area contributed by atoms with Crippen LogP contribution in [0.5, 0.6) is 17.2 Å². The highest BCUT2D eigenvalue weighted by atomic mass is 79.9. The molecule has 1 atom stereocenters. The zero-order valence-electron chi connectivity index (χ0n) is 19.1. The van der Waals surface area contributed by atoms with Crippen molar-refractivity contribution in [3.8, 4) is 17.2 Å². The van der Waals surface area contributed by atoms with Gasteiger partial charge < -0.3 is 15.3 Å². The minimum atomic E-state index is -0.0223. The molecule has 0 heterocycles. The van der Waals surface area contributed by atoms with Crippen LogP contribution in [-0.2, 0) is 19.3 Å². The molecule has 3 rings (SSSR count). The molecule has 0 amide bonds. The standard InChI is InChI=1S/C25H36N2O3.2BrH/c1-3-4-5-6-15-27(26-14-13-19-7-11-23(28)18(2)16-19)21-9-10-22-20(17-21)8-12-24(29)25(22)30;;/h7-8,11-12,16,21,26,28-30H,3-6,9-10,13-15,17H2,1-2H3;2*1H. The van der Waals surface area contributed by atoms with E-state index >= 15 is 0 Å². The van der Waals surface area contributed by atoms with Crippen molar-refractivity contribution in [3.63, 3.8) is 0 Å². The second kappa shape index (κ2) is 14.1. The van der Waals surface area contributed by atoms with E-state index in [1.54, 1.807) is 12.1 Å². The molecule has 0 fully saturated rings. The normalized spacial score (nSPS) is 15.0. The van der Waals surface area contributed by atoms with Crippen molar-refractivity contribution in [1.29, 1.82) is 0 Å². The Hall–Kier alpha value is -1.28. The fourth-order valence-corrected chi connectivity index (χ4v) is 4.39. The van der Waals surface area contributed by atoms with Crippen molar-refractivity contribution in [1.82, 2.24) is 10.4 Å². The Balaban J connectivity index is 0.00000256. The largest absolute Gasteiger partial charge is 0.508 e. The van der Waals surface area contributed by atoms with Gasteiger partial charge in [0.25, 0.3) is 0 Å². The number of unbranched alkanes of at least 4 members (excludes halogenated alkanes) is 3. The highest BCUT2D eigenvalue weighted by Crippen LogP contribution is 2.36. The van der Waals surface area contributed by atoms with Crippen LogP contribution in [0, 0.1) is 6.92 Å². The molecule has 2 aromatic carbocycles. The van der Waals surface area contributed by atoms with Crippen LogP contribution in [0.25, 0.3) is 0 Å². The molecule has 0 saturated heterocycles. The monoisotopic (exact) mass is 572 g/mol. The molecular formula is C25H38Br2N2O3. The lowest BCUT2D eigenvalue weighted by Crippen LogP contribution is -2.49. The first-order chi connectivity index (χ1) is 14.5. The first-order valence-electron chi connectivity index (χ1n) is 11.3. The van der Waals surface area contributed by atoms with Crippen LogP contribution >= 0.6 is 34.0 Å². The molecule has 4 N–H and O–H groups in total. The Labute approximate surface area is 213 Å². The van der Waals surface area contributed by atoms with Gasteiger partial charge in [-0.1, -0.05) is 44.4 Å². The number of phenolic OH excluding ortho intramolecular Hbond substituents is 3. The number of benzene rings is 2. The molecule has 0 spiro atoms. The number of phenols is 3. The van der Waals surface area contributed by atoms with Gasteiger partial charge in [-0.15, -0.1) is 34.0 Å². The van der Waals surface area contributed by atoms with Crippen molar-refractivity contribution in [3.05, 3.63) is 52.6 Å². The predicted octanol–water partition coefficient (Wildman–Crippen LogP) is 5.75. The van der Waals surface area contributed by atoms with Crippen molar-refractivity contribution in [2.75, 3.05) is 13.1 Å². The van der Waals surface area contributed by atoms with Crippen molar-refractivity contribution in [2.24, 2.45) is 0 Å². The molecule has 180 valence electrons. The molecule has 1 aliphatic carbocycles. The second-order valence-corrected chi connectivity index (χ2v) is 8.50. The zero-order valence-corrected chi connectivity index (χ0v) is 22.6. The van der Waals surface area contributed by atoms with E-state index in [9.17, 15) is 15.3 Å². The van der Waals surface area contributed by atoms with E-state index in [1.807, 2.05) is 19.1 Å². The Bertz CT molecular complexity index is 848. The molecule has 0 bridgehead atoms. The third kappa shape index (κ3) is 7.65. The molecule has 2 aromatic rings. The van der Waals surface area contributed by atoms with E-state index in [4.69, 9.17) is 0 Å². The number of rotatable bonds is 10. The van der Waals surface area contributed by atoms with Gasteiger partial charge in [-0.25, -0.2) is 5.01 Å². The molecule has 7 heteroatoms. The number of aryl methyl sites for hydroxylation is 1. The summed E-state index contributed by atoms with van der Waals surface area (Å²) in [6, 6.07) is 9.74. The minimum absolute atomic E-state index is 0. The lowest BCUT2D eigenvalue weighted by atomic mass is 9.87. The topological polar surface area (TPSA) is 76.0 Å². The van der Waals surface area contributed by atoms with E-state index in [2.05, 4.69) is 23.4 Å². The summed E-state index contributed by atoms with van der Waals surface area (Å²) in [5.41, 5.74) is 7.83. The summed E-state index contributed by atoms with van der Waals surface area (Å²) in [6.45, 7) is 6.02. The zero-order chi connectivity index (χ0) is 21.5. The summed E-state index contributed by atoms with van der Waals surface area (Å²) in [7, 11) is 0. The number of hydrogen-bond acceptors (Lipinski definition) is 5. The molecule has 0 radical (unpaired) electrons. The summed E-state index contributed by atoms with van der Waals surface area (Å²) in [5, 5.41) is 32.1. The van der Waals surface area contributed by atoms with Crippen LogP contribution in [0.1, 0.15) is 61.3 Å². The third-order valence-electron chi connectivity index (χ3n) is 6.22. The Morgan fingerprint density at radius 2 is 1.75 bits per heavy atom. The number of nitrogens with zero attached hydrogens (tertiary/aromatic N) is 1. The average molecular weight is 574 g/mol. The molecule has 1 unspecified atom stereocenters. The minimum Gasteiger partial charge on any atom is -0.508 e. The van der Waals surface area contributed by atoms with Crippen molar-refractivity contribution < 1.29 is 15.3 Å². The Kier molecular flexibility index (Phi) is 12.7. The quantitative estimate of drug-likeness (QED) is 0.165. The fraction of sp³-hybridized carbons (Fsp3) is 0.520. The van der Waals surface area contributed by atoms with Crippen LogP contribution in [0.3, 0.4) is 0 Å². The van der Waals surface area contributed by atoms with Gasteiger partial charge in [-0.2, -0.15) is 0 Å². The highest BCUT2D eigenvalue weighted by molar-refractivity contribution is 8.93. The average Bonchev–Trinajstić information content (AvgIpc) is 2.75. The maximum absolute atomic E-state index is 10.2. The number of nitrogens with one attached hydrogen (secondary N) is 1. The summed E-state index contributed by atoms with van der Waals surface area (Å²) in [5.74, 6) is 0.376. The fourth-order valence-electron chi connectivity index (χ4n) is 4.39.